The third-order valence-corrected chi connectivity index (χ3v) is 10.4. The van der Waals surface area contributed by atoms with Crippen LogP contribution in [-0.2, 0) is 39.8 Å². The molecule has 2 aromatic rings. The second-order valence-electron chi connectivity index (χ2n) is 17.6. The molecule has 0 N–H and O–H groups in total. The quantitative estimate of drug-likeness (QED) is 0.295. The van der Waals surface area contributed by atoms with Gasteiger partial charge in [-0.2, -0.15) is 0 Å². The maximum atomic E-state index is 6.68. The van der Waals surface area contributed by atoms with Crippen molar-refractivity contribution in [2.24, 2.45) is 5.41 Å². The van der Waals surface area contributed by atoms with Crippen LogP contribution in [0.2, 0.25) is 0 Å². The van der Waals surface area contributed by atoms with Crippen LogP contribution >= 0.6 is 17.2 Å². The molecule has 6 nitrogen and oxygen atoms in total. The highest BCUT2D eigenvalue weighted by atomic mass is 31.2. The van der Waals surface area contributed by atoms with Gasteiger partial charge in [0.1, 0.15) is 11.5 Å². The van der Waals surface area contributed by atoms with E-state index in [0.29, 0.717) is 26.4 Å². The van der Waals surface area contributed by atoms with Gasteiger partial charge < -0.3 is 27.1 Å². The van der Waals surface area contributed by atoms with Crippen LogP contribution in [0.25, 0.3) is 6.08 Å². The van der Waals surface area contributed by atoms with Crippen molar-refractivity contribution < 1.29 is 27.1 Å². The van der Waals surface area contributed by atoms with Crippen molar-refractivity contribution in [3.8, 4) is 11.5 Å². The summed E-state index contributed by atoms with van der Waals surface area (Å²) in [6, 6.07) is 8.99. The van der Waals surface area contributed by atoms with E-state index in [-0.39, 0.29) is 21.7 Å². The fraction of sp³-hybridized carbons (Fsp3) is 0.632. The van der Waals surface area contributed by atoms with Crippen LogP contribution in [0.4, 0.5) is 0 Å². The van der Waals surface area contributed by atoms with Crippen molar-refractivity contribution >= 4 is 23.3 Å². The maximum Gasteiger partial charge on any atom is 0.397 e. The van der Waals surface area contributed by atoms with E-state index in [2.05, 4.69) is 134 Å². The first-order chi connectivity index (χ1) is 21.0. The van der Waals surface area contributed by atoms with Crippen molar-refractivity contribution in [1.29, 1.82) is 0 Å². The molecule has 8 heteroatoms. The average molecular weight is 673 g/mol. The van der Waals surface area contributed by atoms with E-state index in [1.165, 1.54) is 27.8 Å². The number of rotatable bonds is 5. The standard InChI is InChI=1S/C38H58O6P2/c1-25(2)16-27-17-26(3)32(29(18-27)35(7,8)9)43-45-39-21-38(22-40-45)23-41-46(42-24-38)44-33-30(36(10,11)12)19-28(34(4,5)6)20-31(33)37(13,14)15/h16-20H,21-24H2,1-15H3. The Balaban J connectivity index is 1.47. The highest BCUT2D eigenvalue weighted by Gasteiger charge is 2.46. The predicted molar refractivity (Wildman–Crippen MR) is 193 cm³/mol. The number of allylic oxidation sites excluding steroid dienone is 1. The van der Waals surface area contributed by atoms with E-state index in [0.717, 1.165) is 22.6 Å². The van der Waals surface area contributed by atoms with Gasteiger partial charge in [0.15, 0.2) is 0 Å². The summed E-state index contributed by atoms with van der Waals surface area (Å²) >= 11 is 0. The molecule has 0 saturated carbocycles. The first-order valence-electron chi connectivity index (χ1n) is 16.5. The molecule has 256 valence electrons. The van der Waals surface area contributed by atoms with Gasteiger partial charge in [-0.1, -0.05) is 107 Å². The third-order valence-electron chi connectivity index (χ3n) is 8.37. The summed E-state index contributed by atoms with van der Waals surface area (Å²) in [6.07, 6.45) is 2.20. The summed E-state index contributed by atoms with van der Waals surface area (Å²) in [5, 5.41) is 0. The topological polar surface area (TPSA) is 55.4 Å². The zero-order chi connectivity index (χ0) is 34.5. The van der Waals surface area contributed by atoms with Crippen molar-refractivity contribution in [2.45, 2.75) is 126 Å². The summed E-state index contributed by atoms with van der Waals surface area (Å²) in [5.74, 6) is 1.72. The third kappa shape index (κ3) is 8.93. The highest BCUT2D eigenvalue weighted by molar-refractivity contribution is 7.42. The van der Waals surface area contributed by atoms with Crippen LogP contribution in [-0.4, -0.2) is 26.4 Å². The van der Waals surface area contributed by atoms with Gasteiger partial charge in [0.25, 0.3) is 0 Å². The number of benzene rings is 2. The second-order valence-corrected chi connectivity index (χ2v) is 19.9. The molecule has 1 spiro atoms. The van der Waals surface area contributed by atoms with Crippen LogP contribution in [0, 0.1) is 12.3 Å². The van der Waals surface area contributed by atoms with Crippen LogP contribution < -0.4 is 9.05 Å². The van der Waals surface area contributed by atoms with E-state index >= 15 is 0 Å². The first kappa shape index (κ1) is 37.3. The second kappa shape index (κ2) is 13.4. The first-order valence-corrected chi connectivity index (χ1v) is 18.7. The van der Waals surface area contributed by atoms with Gasteiger partial charge >= 0.3 is 17.2 Å². The van der Waals surface area contributed by atoms with Crippen LogP contribution in [0.5, 0.6) is 11.5 Å². The molecule has 0 unspecified atom stereocenters. The fourth-order valence-corrected chi connectivity index (χ4v) is 8.12. The molecule has 0 amide bonds. The number of aryl methyl sites for hydroxylation is 1. The van der Waals surface area contributed by atoms with E-state index in [1.54, 1.807) is 0 Å². The van der Waals surface area contributed by atoms with Crippen molar-refractivity contribution in [2.75, 3.05) is 26.4 Å². The van der Waals surface area contributed by atoms with Gasteiger partial charge in [0.2, 0.25) is 0 Å². The van der Waals surface area contributed by atoms with E-state index in [1.807, 2.05) is 0 Å². The minimum atomic E-state index is -1.59. The molecule has 0 atom stereocenters. The zero-order valence-electron chi connectivity index (χ0n) is 31.1. The highest BCUT2D eigenvalue weighted by Crippen LogP contribution is 2.56. The molecule has 2 heterocycles. The van der Waals surface area contributed by atoms with Crippen molar-refractivity contribution in [3.63, 3.8) is 0 Å². The molecular formula is C38H58O6P2. The fourth-order valence-electron chi connectivity index (χ4n) is 5.51. The summed E-state index contributed by atoms with van der Waals surface area (Å²) in [4.78, 5) is 0. The Labute approximate surface area is 281 Å². The Hall–Kier alpha value is -1.52. The molecule has 0 radical (unpaired) electrons. The van der Waals surface area contributed by atoms with E-state index in [4.69, 9.17) is 27.1 Å². The normalized spacial score (nSPS) is 22.9. The predicted octanol–water partition coefficient (Wildman–Crippen LogP) is 11.6. The molecule has 0 aromatic heterocycles. The summed E-state index contributed by atoms with van der Waals surface area (Å²) in [6.45, 7) is 34.9. The van der Waals surface area contributed by atoms with E-state index in [9.17, 15) is 0 Å². The molecular weight excluding hydrogens is 614 g/mol. The van der Waals surface area contributed by atoms with Crippen molar-refractivity contribution in [3.05, 3.63) is 63.2 Å². The zero-order valence-corrected chi connectivity index (χ0v) is 32.8. The molecule has 2 aliphatic heterocycles. The van der Waals surface area contributed by atoms with E-state index < -0.39 is 22.6 Å². The van der Waals surface area contributed by atoms with Crippen molar-refractivity contribution in [1.82, 2.24) is 0 Å². The van der Waals surface area contributed by atoms with Gasteiger partial charge in [-0.05, 0) is 71.3 Å². The molecule has 0 bridgehead atoms. The number of hydrogen-bond donors (Lipinski definition) is 0. The SMILES string of the molecule is CC(C)=Cc1cc(C)c(OP2OCC3(CO2)COP(Oc2c(C(C)(C)C)cc(C(C)(C)C)cc2C(C)(C)C)OC3)c(C(C)(C)C)c1. The van der Waals surface area contributed by atoms with Gasteiger partial charge in [0, 0.05) is 16.7 Å². The minimum absolute atomic E-state index is 0.0141. The maximum absolute atomic E-state index is 6.68. The number of hydrogen-bond acceptors (Lipinski definition) is 6. The van der Waals surface area contributed by atoms with Crippen LogP contribution in [0.1, 0.15) is 130 Å². The Morgan fingerprint density at radius 2 is 1.00 bits per heavy atom. The lowest BCUT2D eigenvalue weighted by molar-refractivity contribution is -0.0674. The molecule has 4 rings (SSSR count). The summed E-state index contributed by atoms with van der Waals surface area (Å²) in [5.41, 5.74) is 7.55. The minimum Gasteiger partial charge on any atom is -0.426 e. The Kier molecular flexibility index (Phi) is 10.9. The summed E-state index contributed by atoms with van der Waals surface area (Å²) in [7, 11) is -3.14. The lowest BCUT2D eigenvalue weighted by Gasteiger charge is -2.42. The van der Waals surface area contributed by atoms with Gasteiger partial charge in [-0.15, -0.1) is 0 Å². The average Bonchev–Trinajstić information content (AvgIpc) is 2.90. The van der Waals surface area contributed by atoms with Gasteiger partial charge in [-0.3, -0.25) is 0 Å². The Morgan fingerprint density at radius 1 is 0.609 bits per heavy atom. The molecule has 2 aliphatic rings. The molecule has 0 aliphatic carbocycles. The molecule has 2 fully saturated rings. The van der Waals surface area contributed by atoms with Crippen LogP contribution in [0.3, 0.4) is 0 Å². The smallest absolute Gasteiger partial charge is 0.397 e. The van der Waals surface area contributed by atoms with Gasteiger partial charge in [-0.25, -0.2) is 0 Å². The Morgan fingerprint density at radius 3 is 1.37 bits per heavy atom. The lowest BCUT2D eigenvalue weighted by atomic mass is 9.75. The molecule has 2 saturated heterocycles. The lowest BCUT2D eigenvalue weighted by Crippen LogP contribution is -2.45. The molecule has 2 aromatic carbocycles. The largest absolute Gasteiger partial charge is 0.426 e. The van der Waals surface area contributed by atoms with Gasteiger partial charge in [0.05, 0.1) is 31.8 Å². The monoisotopic (exact) mass is 672 g/mol. The van der Waals surface area contributed by atoms with Crippen LogP contribution in [0.15, 0.2) is 29.8 Å². The Bertz CT molecular complexity index is 1380. The summed E-state index contributed by atoms with van der Waals surface area (Å²) < 4.78 is 38.2. The molecule has 46 heavy (non-hydrogen) atoms.